The highest BCUT2D eigenvalue weighted by Crippen LogP contribution is 2.31. The summed E-state index contributed by atoms with van der Waals surface area (Å²) in [6.45, 7) is 1.58. The van der Waals surface area contributed by atoms with Crippen LogP contribution in [0.25, 0.3) is 0 Å². The summed E-state index contributed by atoms with van der Waals surface area (Å²) in [4.78, 5) is 10.9. The number of aliphatic hydroxyl groups is 1. The molecule has 0 aromatic rings. The van der Waals surface area contributed by atoms with Crippen molar-refractivity contribution >= 4 is 5.97 Å². The quantitative estimate of drug-likeness (QED) is 0.704. The molecule has 0 bridgehead atoms. The van der Waals surface area contributed by atoms with Gasteiger partial charge in [0.25, 0.3) is 0 Å². The van der Waals surface area contributed by atoms with Crippen LogP contribution >= 0.6 is 0 Å². The molecule has 0 aliphatic heterocycles. The lowest BCUT2D eigenvalue weighted by Gasteiger charge is -2.29. The molecule has 0 saturated heterocycles. The van der Waals surface area contributed by atoms with Crippen molar-refractivity contribution in [3.8, 4) is 0 Å². The zero-order valence-electron chi connectivity index (χ0n) is 8.07. The highest BCUT2D eigenvalue weighted by atomic mass is 16.4. The predicted octanol–water partition coefficient (Wildman–Crippen LogP) is 1.65. The summed E-state index contributed by atoms with van der Waals surface area (Å²) in [6, 6.07) is 0. The van der Waals surface area contributed by atoms with Gasteiger partial charge >= 0.3 is 5.97 Å². The summed E-state index contributed by atoms with van der Waals surface area (Å²) in [7, 11) is 0. The fraction of sp³-hybridized carbons (Fsp3) is 0.900. The molecule has 76 valence electrons. The number of aliphatic hydroxyl groups excluding tert-OH is 1. The van der Waals surface area contributed by atoms with Gasteiger partial charge in [0.1, 0.15) is 0 Å². The van der Waals surface area contributed by atoms with E-state index in [2.05, 4.69) is 0 Å². The average Bonchev–Trinajstić information content (AvgIpc) is 2.04. The summed E-state index contributed by atoms with van der Waals surface area (Å²) < 4.78 is 0. The van der Waals surface area contributed by atoms with Crippen LogP contribution in [0.5, 0.6) is 0 Å². The Morgan fingerprint density at radius 1 is 1.31 bits per heavy atom. The smallest absolute Gasteiger partial charge is 0.309 e. The summed E-state index contributed by atoms with van der Waals surface area (Å²) in [6.07, 6.45) is 4.63. The first-order valence-electron chi connectivity index (χ1n) is 5.04. The largest absolute Gasteiger partial charge is 0.481 e. The van der Waals surface area contributed by atoms with E-state index in [1.54, 1.807) is 6.92 Å². The van der Waals surface area contributed by atoms with E-state index in [4.69, 9.17) is 5.11 Å². The lowest BCUT2D eigenvalue weighted by Crippen LogP contribution is -2.34. The van der Waals surface area contributed by atoms with Gasteiger partial charge in [-0.3, -0.25) is 4.79 Å². The first-order valence-corrected chi connectivity index (χ1v) is 5.04. The van der Waals surface area contributed by atoms with Crippen molar-refractivity contribution in [2.24, 2.45) is 11.8 Å². The Balaban J connectivity index is 2.57. The van der Waals surface area contributed by atoms with Crippen molar-refractivity contribution in [3.05, 3.63) is 0 Å². The average molecular weight is 186 g/mol. The van der Waals surface area contributed by atoms with Gasteiger partial charge in [-0.05, 0) is 25.7 Å². The molecule has 1 aliphatic rings. The number of carboxylic acids is 1. The minimum atomic E-state index is -0.845. The van der Waals surface area contributed by atoms with Gasteiger partial charge in [-0.2, -0.15) is 0 Å². The van der Waals surface area contributed by atoms with Crippen LogP contribution in [0.2, 0.25) is 0 Å². The van der Waals surface area contributed by atoms with Crippen LogP contribution < -0.4 is 0 Å². The van der Waals surface area contributed by atoms with E-state index in [9.17, 15) is 9.90 Å². The Labute approximate surface area is 78.8 Å². The lowest BCUT2D eigenvalue weighted by atomic mass is 9.78. The van der Waals surface area contributed by atoms with E-state index < -0.39 is 18.0 Å². The van der Waals surface area contributed by atoms with E-state index in [0.717, 1.165) is 25.7 Å². The minimum absolute atomic E-state index is 0.186. The monoisotopic (exact) mass is 186 g/mol. The standard InChI is InChI=1S/C10H18O3/c1-7(11)9(10(12)13)8-5-3-2-4-6-8/h7-9,11H,2-6H2,1H3,(H,12,13). The lowest BCUT2D eigenvalue weighted by molar-refractivity contribution is -0.148. The van der Waals surface area contributed by atoms with Crippen molar-refractivity contribution in [3.63, 3.8) is 0 Å². The Hall–Kier alpha value is -0.570. The Bertz CT molecular complexity index is 171. The molecule has 0 aromatic carbocycles. The molecule has 0 heterocycles. The second kappa shape index (κ2) is 4.61. The number of carbonyl (C=O) groups is 1. The molecule has 1 saturated carbocycles. The third-order valence-corrected chi connectivity index (χ3v) is 2.96. The van der Waals surface area contributed by atoms with Crippen LogP contribution in [0.1, 0.15) is 39.0 Å². The first kappa shape index (κ1) is 10.5. The molecular weight excluding hydrogens is 168 g/mol. The van der Waals surface area contributed by atoms with Gasteiger partial charge in [-0.1, -0.05) is 19.3 Å². The highest BCUT2D eigenvalue weighted by molar-refractivity contribution is 5.71. The normalized spacial score (nSPS) is 23.8. The second-order valence-corrected chi connectivity index (χ2v) is 4.00. The number of hydrogen-bond acceptors (Lipinski definition) is 2. The Morgan fingerprint density at radius 3 is 2.23 bits per heavy atom. The van der Waals surface area contributed by atoms with Gasteiger partial charge < -0.3 is 10.2 Å². The number of rotatable bonds is 3. The number of hydrogen-bond donors (Lipinski definition) is 2. The fourth-order valence-electron chi connectivity index (χ4n) is 2.30. The zero-order valence-corrected chi connectivity index (χ0v) is 8.07. The Kier molecular flexibility index (Phi) is 3.72. The second-order valence-electron chi connectivity index (χ2n) is 4.00. The molecule has 2 unspecified atom stereocenters. The zero-order chi connectivity index (χ0) is 9.84. The first-order chi connectivity index (χ1) is 6.13. The molecule has 1 fully saturated rings. The third-order valence-electron chi connectivity index (χ3n) is 2.96. The SMILES string of the molecule is CC(O)C(C(=O)O)C1CCCCC1. The summed E-state index contributed by atoms with van der Waals surface area (Å²) in [5.41, 5.74) is 0. The molecule has 0 radical (unpaired) electrons. The molecule has 13 heavy (non-hydrogen) atoms. The Morgan fingerprint density at radius 2 is 1.85 bits per heavy atom. The van der Waals surface area contributed by atoms with E-state index in [1.807, 2.05) is 0 Å². The molecule has 0 spiro atoms. The summed E-state index contributed by atoms with van der Waals surface area (Å²) in [5, 5.41) is 18.3. The highest BCUT2D eigenvalue weighted by Gasteiger charge is 2.32. The molecule has 1 rings (SSSR count). The van der Waals surface area contributed by atoms with Crippen LogP contribution in [0.4, 0.5) is 0 Å². The third kappa shape index (κ3) is 2.69. The molecular formula is C10H18O3. The van der Waals surface area contributed by atoms with Crippen molar-refractivity contribution in [1.82, 2.24) is 0 Å². The van der Waals surface area contributed by atoms with Gasteiger partial charge in [0.15, 0.2) is 0 Å². The van der Waals surface area contributed by atoms with Crippen LogP contribution in [0, 0.1) is 11.8 Å². The van der Waals surface area contributed by atoms with Crippen molar-refractivity contribution < 1.29 is 15.0 Å². The van der Waals surface area contributed by atoms with E-state index >= 15 is 0 Å². The van der Waals surface area contributed by atoms with E-state index in [1.165, 1.54) is 6.42 Å². The fourth-order valence-corrected chi connectivity index (χ4v) is 2.30. The van der Waals surface area contributed by atoms with E-state index in [0.29, 0.717) is 0 Å². The molecule has 2 N–H and O–H groups in total. The van der Waals surface area contributed by atoms with Crippen LogP contribution in [-0.2, 0) is 4.79 Å². The molecule has 0 amide bonds. The molecule has 2 atom stereocenters. The van der Waals surface area contributed by atoms with Gasteiger partial charge in [0.05, 0.1) is 12.0 Å². The van der Waals surface area contributed by atoms with Gasteiger partial charge in [0.2, 0.25) is 0 Å². The van der Waals surface area contributed by atoms with E-state index in [-0.39, 0.29) is 5.92 Å². The maximum Gasteiger partial charge on any atom is 0.309 e. The van der Waals surface area contributed by atoms with Gasteiger partial charge in [0, 0.05) is 0 Å². The van der Waals surface area contributed by atoms with Crippen molar-refractivity contribution in [2.45, 2.75) is 45.1 Å². The van der Waals surface area contributed by atoms with Gasteiger partial charge in [-0.25, -0.2) is 0 Å². The molecule has 3 heteroatoms. The van der Waals surface area contributed by atoms with Gasteiger partial charge in [-0.15, -0.1) is 0 Å². The number of carboxylic acid groups (broad SMARTS) is 1. The van der Waals surface area contributed by atoms with Crippen LogP contribution in [-0.4, -0.2) is 22.3 Å². The topological polar surface area (TPSA) is 57.5 Å². The summed E-state index contributed by atoms with van der Waals surface area (Å²) in [5.74, 6) is -1.21. The maximum absolute atomic E-state index is 10.9. The van der Waals surface area contributed by atoms with Crippen LogP contribution in [0.3, 0.4) is 0 Å². The summed E-state index contributed by atoms with van der Waals surface area (Å²) >= 11 is 0. The molecule has 1 aliphatic carbocycles. The molecule has 0 aromatic heterocycles. The van der Waals surface area contributed by atoms with Crippen LogP contribution in [0.15, 0.2) is 0 Å². The number of aliphatic carboxylic acids is 1. The predicted molar refractivity (Wildman–Crippen MR) is 49.4 cm³/mol. The maximum atomic E-state index is 10.9. The van der Waals surface area contributed by atoms with Crippen molar-refractivity contribution in [1.29, 1.82) is 0 Å². The minimum Gasteiger partial charge on any atom is -0.481 e. The van der Waals surface area contributed by atoms with Crippen molar-refractivity contribution in [2.75, 3.05) is 0 Å². The molecule has 3 nitrogen and oxygen atoms in total.